The van der Waals surface area contributed by atoms with Gasteiger partial charge in [0.15, 0.2) is 0 Å². The Morgan fingerprint density at radius 2 is 1.73 bits per heavy atom. The molecule has 0 bridgehead atoms. The molecule has 2 N–H and O–H groups in total. The van der Waals surface area contributed by atoms with Crippen molar-refractivity contribution < 1.29 is 13.2 Å². The van der Waals surface area contributed by atoms with E-state index < -0.39 is 12.1 Å². The van der Waals surface area contributed by atoms with E-state index in [1.807, 2.05) is 6.92 Å². The monoisotopic (exact) mass is 221 g/mol. The van der Waals surface area contributed by atoms with E-state index in [9.17, 15) is 13.2 Å². The molecule has 0 aromatic carbocycles. The van der Waals surface area contributed by atoms with Crippen LogP contribution in [0.3, 0.4) is 0 Å². The van der Waals surface area contributed by atoms with Gasteiger partial charge in [0.25, 0.3) is 0 Å². The van der Waals surface area contributed by atoms with Gasteiger partial charge in [0.05, 0.1) is 5.92 Å². The molecule has 0 amide bonds. The second kappa shape index (κ2) is 4.56. The van der Waals surface area contributed by atoms with Crippen molar-refractivity contribution in [3.8, 4) is 0 Å². The van der Waals surface area contributed by atoms with E-state index in [1.165, 1.54) is 0 Å². The summed E-state index contributed by atoms with van der Waals surface area (Å²) in [5.41, 5.74) is 6.73. The van der Waals surface area contributed by atoms with E-state index in [0.29, 0.717) is 12.8 Å². The summed E-state index contributed by atoms with van der Waals surface area (Å²) in [5.74, 6) is -0.938. The largest absolute Gasteiger partial charge is 0.391 e. The Balaban J connectivity index is 2.46. The Labute approximate surface area is 88.5 Å². The summed E-state index contributed by atoms with van der Waals surface area (Å²) in [5, 5.41) is 0. The highest BCUT2D eigenvalue weighted by molar-refractivity contribution is 5.03. The van der Waals surface area contributed by atoms with Crippen molar-refractivity contribution >= 4 is 0 Å². The lowest BCUT2D eigenvalue weighted by Crippen LogP contribution is -2.36. The second-order valence-electron chi connectivity index (χ2n) is 4.53. The fourth-order valence-corrected chi connectivity index (χ4v) is 2.21. The van der Waals surface area contributed by atoms with Crippen molar-refractivity contribution in [3.05, 3.63) is 12.2 Å². The molecule has 0 radical (unpaired) electrons. The van der Waals surface area contributed by atoms with E-state index in [-0.39, 0.29) is 24.8 Å². The van der Waals surface area contributed by atoms with Crippen molar-refractivity contribution in [2.24, 2.45) is 17.6 Å². The molecule has 0 spiro atoms. The van der Waals surface area contributed by atoms with E-state index in [2.05, 4.69) is 6.58 Å². The molecule has 1 atom stereocenters. The molecular weight excluding hydrogens is 203 g/mol. The molecule has 1 aliphatic rings. The lowest BCUT2D eigenvalue weighted by Gasteiger charge is -2.33. The number of hydrogen-bond donors (Lipinski definition) is 1. The van der Waals surface area contributed by atoms with Gasteiger partial charge >= 0.3 is 6.18 Å². The highest BCUT2D eigenvalue weighted by Gasteiger charge is 2.42. The lowest BCUT2D eigenvalue weighted by molar-refractivity contribution is -0.184. The molecule has 1 nitrogen and oxygen atoms in total. The van der Waals surface area contributed by atoms with Crippen LogP contribution < -0.4 is 5.73 Å². The Morgan fingerprint density at radius 1 is 1.27 bits per heavy atom. The summed E-state index contributed by atoms with van der Waals surface area (Å²) < 4.78 is 37.1. The molecular formula is C11H18F3N. The van der Waals surface area contributed by atoms with Crippen LogP contribution in [-0.4, -0.2) is 12.2 Å². The SMILES string of the molecule is C=C(C)C(N)C1CCC(C(F)(F)F)CC1. The number of halogens is 3. The maximum Gasteiger partial charge on any atom is 0.391 e. The number of alkyl halides is 3. The maximum absolute atomic E-state index is 12.4. The van der Waals surface area contributed by atoms with Gasteiger partial charge in [-0.2, -0.15) is 13.2 Å². The molecule has 88 valence electrons. The van der Waals surface area contributed by atoms with Crippen LogP contribution >= 0.6 is 0 Å². The number of rotatable bonds is 2. The van der Waals surface area contributed by atoms with Gasteiger partial charge < -0.3 is 5.73 Å². The van der Waals surface area contributed by atoms with Gasteiger partial charge in [-0.05, 0) is 38.5 Å². The van der Waals surface area contributed by atoms with Crippen LogP contribution in [0.5, 0.6) is 0 Å². The third-order valence-corrected chi connectivity index (χ3v) is 3.31. The predicted octanol–water partition coefficient (Wildman–Crippen LogP) is 3.26. The fraction of sp³-hybridized carbons (Fsp3) is 0.818. The zero-order valence-corrected chi connectivity index (χ0v) is 8.98. The molecule has 1 unspecified atom stereocenters. The third-order valence-electron chi connectivity index (χ3n) is 3.31. The zero-order valence-electron chi connectivity index (χ0n) is 8.98. The summed E-state index contributed by atoms with van der Waals surface area (Å²) in [6.07, 6.45) is -2.46. The van der Waals surface area contributed by atoms with Crippen molar-refractivity contribution in [3.63, 3.8) is 0 Å². The average Bonchev–Trinajstić information content (AvgIpc) is 2.15. The Hall–Kier alpha value is -0.510. The third kappa shape index (κ3) is 3.23. The summed E-state index contributed by atoms with van der Waals surface area (Å²) >= 11 is 0. The van der Waals surface area contributed by atoms with Crippen molar-refractivity contribution in [2.75, 3.05) is 0 Å². The lowest BCUT2D eigenvalue weighted by atomic mass is 9.77. The predicted molar refractivity (Wildman–Crippen MR) is 54.3 cm³/mol. The van der Waals surface area contributed by atoms with Gasteiger partial charge in [-0.15, -0.1) is 0 Å². The van der Waals surface area contributed by atoms with Gasteiger partial charge in [0.1, 0.15) is 0 Å². The van der Waals surface area contributed by atoms with Crippen LogP contribution in [0.1, 0.15) is 32.6 Å². The first kappa shape index (κ1) is 12.6. The van der Waals surface area contributed by atoms with Gasteiger partial charge in [0.2, 0.25) is 0 Å². The Morgan fingerprint density at radius 3 is 2.07 bits per heavy atom. The average molecular weight is 221 g/mol. The first-order chi connectivity index (χ1) is 6.82. The van der Waals surface area contributed by atoms with Crippen molar-refractivity contribution in [2.45, 2.75) is 44.8 Å². The first-order valence-electron chi connectivity index (χ1n) is 5.30. The van der Waals surface area contributed by atoms with Crippen molar-refractivity contribution in [1.82, 2.24) is 0 Å². The summed E-state index contributed by atoms with van der Waals surface area (Å²) in [6, 6.07) is -0.140. The molecule has 0 aliphatic heterocycles. The minimum absolute atomic E-state index is 0.140. The quantitative estimate of drug-likeness (QED) is 0.711. The van der Waals surface area contributed by atoms with Crippen LogP contribution in [0.15, 0.2) is 12.2 Å². The minimum atomic E-state index is -4.03. The molecule has 1 fully saturated rings. The molecule has 0 heterocycles. The summed E-state index contributed by atoms with van der Waals surface area (Å²) in [6.45, 7) is 5.58. The molecule has 0 saturated heterocycles. The minimum Gasteiger partial charge on any atom is -0.324 e. The van der Waals surface area contributed by atoms with Crippen LogP contribution in [0.2, 0.25) is 0 Å². The van der Waals surface area contributed by atoms with Gasteiger partial charge in [-0.1, -0.05) is 12.2 Å². The molecule has 4 heteroatoms. The second-order valence-corrected chi connectivity index (χ2v) is 4.53. The van der Waals surface area contributed by atoms with Crippen molar-refractivity contribution in [1.29, 1.82) is 0 Å². The van der Waals surface area contributed by atoms with E-state index >= 15 is 0 Å². The van der Waals surface area contributed by atoms with Crippen LogP contribution in [0, 0.1) is 11.8 Å². The standard InChI is InChI=1S/C11H18F3N/c1-7(2)10(15)8-3-5-9(6-4-8)11(12,13)14/h8-10H,1,3-6,15H2,2H3. The van der Waals surface area contributed by atoms with Crippen LogP contribution in [0.25, 0.3) is 0 Å². The van der Waals surface area contributed by atoms with Crippen LogP contribution in [0.4, 0.5) is 13.2 Å². The normalized spacial score (nSPS) is 29.9. The molecule has 0 aromatic heterocycles. The van der Waals surface area contributed by atoms with Gasteiger partial charge in [-0.3, -0.25) is 0 Å². The number of hydrogen-bond acceptors (Lipinski definition) is 1. The maximum atomic E-state index is 12.4. The highest BCUT2D eigenvalue weighted by Crippen LogP contribution is 2.40. The Kier molecular flexibility index (Phi) is 3.82. The highest BCUT2D eigenvalue weighted by atomic mass is 19.4. The number of nitrogens with two attached hydrogens (primary N) is 1. The molecule has 1 rings (SSSR count). The van der Waals surface area contributed by atoms with E-state index in [1.54, 1.807) is 0 Å². The topological polar surface area (TPSA) is 26.0 Å². The summed E-state index contributed by atoms with van der Waals surface area (Å²) in [7, 11) is 0. The van der Waals surface area contributed by atoms with Crippen LogP contribution in [-0.2, 0) is 0 Å². The molecule has 0 aromatic rings. The Bertz CT molecular complexity index is 226. The van der Waals surface area contributed by atoms with Gasteiger partial charge in [-0.25, -0.2) is 0 Å². The molecule has 15 heavy (non-hydrogen) atoms. The summed E-state index contributed by atoms with van der Waals surface area (Å²) in [4.78, 5) is 0. The van der Waals surface area contributed by atoms with E-state index in [0.717, 1.165) is 5.57 Å². The first-order valence-corrected chi connectivity index (χ1v) is 5.30. The fourth-order valence-electron chi connectivity index (χ4n) is 2.21. The molecule has 1 saturated carbocycles. The molecule has 1 aliphatic carbocycles. The van der Waals surface area contributed by atoms with E-state index in [4.69, 9.17) is 5.73 Å². The zero-order chi connectivity index (χ0) is 11.6. The van der Waals surface area contributed by atoms with Gasteiger partial charge in [0, 0.05) is 6.04 Å². The smallest absolute Gasteiger partial charge is 0.324 e.